The SMILES string of the molecule is C=CC=CC=C/C=C\C(=O)OC. The van der Waals surface area contributed by atoms with Crippen molar-refractivity contribution in [3.8, 4) is 0 Å². The largest absolute Gasteiger partial charge is 0.466 e. The first-order valence-corrected chi connectivity index (χ1v) is 3.51. The maximum absolute atomic E-state index is 10.5. The van der Waals surface area contributed by atoms with E-state index in [0.29, 0.717) is 0 Å². The fourth-order valence-corrected chi connectivity index (χ4v) is 0.473. The van der Waals surface area contributed by atoms with Gasteiger partial charge in [-0.15, -0.1) is 0 Å². The van der Waals surface area contributed by atoms with Crippen LogP contribution in [-0.4, -0.2) is 13.1 Å². The number of esters is 1. The van der Waals surface area contributed by atoms with Gasteiger partial charge < -0.3 is 4.74 Å². The Bertz CT molecular complexity index is 222. The summed E-state index contributed by atoms with van der Waals surface area (Å²) in [5.41, 5.74) is 0. The fourth-order valence-electron chi connectivity index (χ4n) is 0.473. The fraction of sp³-hybridized carbons (Fsp3) is 0.100. The number of carbonyl (C=O) groups is 1. The van der Waals surface area contributed by atoms with Crippen molar-refractivity contribution in [2.45, 2.75) is 0 Å². The second-order valence-corrected chi connectivity index (χ2v) is 1.89. The number of ether oxygens (including phenoxy) is 1. The second kappa shape index (κ2) is 7.54. The zero-order chi connectivity index (χ0) is 9.23. The molecule has 0 aliphatic rings. The van der Waals surface area contributed by atoms with Crippen molar-refractivity contribution in [3.63, 3.8) is 0 Å². The third-order valence-electron chi connectivity index (χ3n) is 1.01. The van der Waals surface area contributed by atoms with Gasteiger partial charge in [0.2, 0.25) is 0 Å². The van der Waals surface area contributed by atoms with E-state index in [1.165, 1.54) is 13.2 Å². The van der Waals surface area contributed by atoms with Gasteiger partial charge in [0.05, 0.1) is 7.11 Å². The normalized spacial score (nSPS) is 11.4. The standard InChI is InChI=1S/C10H12O2/c1-3-4-5-6-7-8-9-10(11)12-2/h3-9H,1H2,2H3/b5-4?,7-6?,9-8-. The highest BCUT2D eigenvalue weighted by molar-refractivity contribution is 5.82. The predicted molar refractivity (Wildman–Crippen MR) is 49.6 cm³/mol. The number of carbonyl (C=O) groups excluding carboxylic acids is 1. The number of hydrogen-bond donors (Lipinski definition) is 0. The first-order chi connectivity index (χ1) is 5.81. The van der Waals surface area contributed by atoms with Crippen molar-refractivity contribution < 1.29 is 9.53 Å². The van der Waals surface area contributed by atoms with Gasteiger partial charge in [0.1, 0.15) is 0 Å². The van der Waals surface area contributed by atoms with E-state index in [0.717, 1.165) is 0 Å². The molecule has 0 rings (SSSR count). The first-order valence-electron chi connectivity index (χ1n) is 3.51. The molecule has 0 unspecified atom stereocenters. The molecule has 0 aromatic heterocycles. The Morgan fingerprint density at radius 3 is 2.33 bits per heavy atom. The van der Waals surface area contributed by atoms with E-state index in [1.807, 2.05) is 6.08 Å². The summed E-state index contributed by atoms with van der Waals surface area (Å²) in [6.07, 6.45) is 11.8. The quantitative estimate of drug-likeness (QED) is 0.361. The molecule has 0 amide bonds. The van der Waals surface area contributed by atoms with E-state index in [-0.39, 0.29) is 5.97 Å². The van der Waals surface area contributed by atoms with Crippen molar-refractivity contribution in [2.75, 3.05) is 7.11 Å². The minimum atomic E-state index is -0.354. The zero-order valence-electron chi connectivity index (χ0n) is 7.07. The highest BCUT2D eigenvalue weighted by Gasteiger charge is 1.85. The van der Waals surface area contributed by atoms with Gasteiger partial charge in [0.15, 0.2) is 0 Å². The van der Waals surface area contributed by atoms with Crippen LogP contribution in [0.5, 0.6) is 0 Å². The van der Waals surface area contributed by atoms with Crippen molar-refractivity contribution >= 4 is 5.97 Å². The molecule has 0 saturated carbocycles. The maximum Gasteiger partial charge on any atom is 0.330 e. The van der Waals surface area contributed by atoms with Crippen LogP contribution in [0.2, 0.25) is 0 Å². The van der Waals surface area contributed by atoms with Gasteiger partial charge in [-0.2, -0.15) is 0 Å². The van der Waals surface area contributed by atoms with E-state index in [2.05, 4.69) is 11.3 Å². The Morgan fingerprint density at radius 1 is 1.17 bits per heavy atom. The summed E-state index contributed by atoms with van der Waals surface area (Å²) in [6.45, 7) is 3.51. The Balaban J connectivity index is 3.73. The summed E-state index contributed by atoms with van der Waals surface area (Å²) < 4.78 is 4.38. The van der Waals surface area contributed by atoms with Gasteiger partial charge in [-0.25, -0.2) is 4.79 Å². The molecule has 0 aliphatic heterocycles. The first kappa shape index (κ1) is 10.4. The van der Waals surface area contributed by atoms with E-state index in [9.17, 15) is 4.79 Å². The number of allylic oxidation sites excluding steroid dienone is 6. The maximum atomic E-state index is 10.5. The lowest BCUT2D eigenvalue weighted by atomic mass is 10.4. The summed E-state index contributed by atoms with van der Waals surface area (Å²) in [5.74, 6) is -0.354. The molecule has 2 heteroatoms. The molecule has 0 fully saturated rings. The van der Waals surface area contributed by atoms with Crippen LogP contribution >= 0.6 is 0 Å². The van der Waals surface area contributed by atoms with E-state index < -0.39 is 0 Å². The molecule has 0 aromatic rings. The van der Waals surface area contributed by atoms with Gasteiger partial charge in [0.25, 0.3) is 0 Å². The molecule has 0 saturated heterocycles. The van der Waals surface area contributed by atoms with Crippen molar-refractivity contribution in [1.29, 1.82) is 0 Å². The summed E-state index contributed by atoms with van der Waals surface area (Å²) in [6, 6.07) is 0. The Hall–Kier alpha value is -1.57. The lowest BCUT2D eigenvalue weighted by Crippen LogP contribution is -1.92. The van der Waals surface area contributed by atoms with Crippen LogP contribution in [0.15, 0.2) is 49.1 Å². The van der Waals surface area contributed by atoms with Gasteiger partial charge in [-0.3, -0.25) is 0 Å². The zero-order valence-corrected chi connectivity index (χ0v) is 7.07. The summed E-state index contributed by atoms with van der Waals surface area (Å²) >= 11 is 0. The average Bonchev–Trinajstić information content (AvgIpc) is 2.10. The monoisotopic (exact) mass is 164 g/mol. The molecular weight excluding hydrogens is 152 g/mol. The van der Waals surface area contributed by atoms with Gasteiger partial charge in [0, 0.05) is 6.08 Å². The highest BCUT2D eigenvalue weighted by atomic mass is 16.5. The third kappa shape index (κ3) is 6.55. The molecule has 0 radical (unpaired) electrons. The van der Waals surface area contributed by atoms with Crippen molar-refractivity contribution in [2.24, 2.45) is 0 Å². The van der Waals surface area contributed by atoms with Crippen LogP contribution in [0.4, 0.5) is 0 Å². The van der Waals surface area contributed by atoms with Crippen molar-refractivity contribution in [3.05, 3.63) is 49.1 Å². The Morgan fingerprint density at radius 2 is 1.75 bits per heavy atom. The van der Waals surface area contributed by atoms with Crippen molar-refractivity contribution in [1.82, 2.24) is 0 Å². The number of hydrogen-bond acceptors (Lipinski definition) is 2. The van der Waals surface area contributed by atoms with E-state index >= 15 is 0 Å². The number of methoxy groups -OCH3 is 1. The molecule has 0 atom stereocenters. The molecular formula is C10H12O2. The Kier molecular flexibility index (Phi) is 6.55. The van der Waals surface area contributed by atoms with Crippen LogP contribution < -0.4 is 0 Å². The third-order valence-corrected chi connectivity index (χ3v) is 1.01. The second-order valence-electron chi connectivity index (χ2n) is 1.89. The van der Waals surface area contributed by atoms with Crippen LogP contribution in [-0.2, 0) is 9.53 Å². The lowest BCUT2D eigenvalue weighted by Gasteiger charge is -1.85. The molecule has 64 valence electrons. The van der Waals surface area contributed by atoms with Crippen LogP contribution in [0, 0.1) is 0 Å². The highest BCUT2D eigenvalue weighted by Crippen LogP contribution is 1.82. The number of rotatable bonds is 4. The molecule has 0 aromatic carbocycles. The molecule has 12 heavy (non-hydrogen) atoms. The molecule has 2 nitrogen and oxygen atoms in total. The summed E-state index contributed by atoms with van der Waals surface area (Å²) in [7, 11) is 1.34. The lowest BCUT2D eigenvalue weighted by molar-refractivity contribution is -0.134. The minimum absolute atomic E-state index is 0.354. The molecule has 0 bridgehead atoms. The van der Waals surface area contributed by atoms with E-state index in [1.54, 1.807) is 30.4 Å². The smallest absolute Gasteiger partial charge is 0.330 e. The van der Waals surface area contributed by atoms with Crippen LogP contribution in [0.1, 0.15) is 0 Å². The molecule has 0 spiro atoms. The van der Waals surface area contributed by atoms with Crippen LogP contribution in [0.25, 0.3) is 0 Å². The minimum Gasteiger partial charge on any atom is -0.466 e. The molecule has 0 aliphatic carbocycles. The summed E-state index contributed by atoms with van der Waals surface area (Å²) in [4.78, 5) is 10.5. The molecule has 0 heterocycles. The predicted octanol–water partition coefficient (Wildman–Crippen LogP) is 2.01. The average molecular weight is 164 g/mol. The van der Waals surface area contributed by atoms with Gasteiger partial charge >= 0.3 is 5.97 Å². The topological polar surface area (TPSA) is 26.3 Å². The Labute approximate surface area is 72.5 Å². The van der Waals surface area contributed by atoms with Gasteiger partial charge in [-0.1, -0.05) is 43.0 Å². The molecule has 0 N–H and O–H groups in total. The van der Waals surface area contributed by atoms with E-state index in [4.69, 9.17) is 0 Å². The summed E-state index contributed by atoms with van der Waals surface area (Å²) in [5, 5.41) is 0. The van der Waals surface area contributed by atoms with Gasteiger partial charge in [-0.05, 0) is 0 Å². The van der Waals surface area contributed by atoms with Crippen LogP contribution in [0.3, 0.4) is 0 Å².